The van der Waals surface area contributed by atoms with Crippen molar-refractivity contribution >= 4 is 29.7 Å². The maximum atomic E-state index is 12.2. The number of amides is 1. The molecule has 1 amide bonds. The summed E-state index contributed by atoms with van der Waals surface area (Å²) in [5, 5.41) is 2.96. The molecular formula is C17H22ClN3OS. The van der Waals surface area contributed by atoms with Crippen LogP contribution in [0.1, 0.15) is 24.6 Å². The van der Waals surface area contributed by atoms with Gasteiger partial charge in [0.25, 0.3) is 0 Å². The Bertz CT molecular complexity index is 656. The van der Waals surface area contributed by atoms with E-state index in [2.05, 4.69) is 36.2 Å². The first kappa shape index (κ1) is 17.9. The number of aryl methyl sites for hydroxylation is 1. The van der Waals surface area contributed by atoms with Crippen molar-refractivity contribution in [2.45, 2.75) is 32.2 Å². The topological polar surface area (TPSA) is 59.2 Å². The number of rotatable bonds is 4. The molecule has 1 aliphatic rings. The Morgan fingerprint density at radius 2 is 2.13 bits per heavy atom. The summed E-state index contributed by atoms with van der Waals surface area (Å²) in [4.78, 5) is 18.7. The highest BCUT2D eigenvalue weighted by Gasteiger charge is 2.24. The summed E-state index contributed by atoms with van der Waals surface area (Å²) in [6, 6.07) is 8.60. The number of carbonyl (C=O) groups is 1. The normalized spacial score (nSPS) is 17.1. The van der Waals surface area contributed by atoms with Crippen LogP contribution in [0.2, 0.25) is 0 Å². The quantitative estimate of drug-likeness (QED) is 0.921. The van der Waals surface area contributed by atoms with Gasteiger partial charge < -0.3 is 10.6 Å². The Balaban J connectivity index is 0.00000192. The average molecular weight is 352 g/mol. The Hall–Kier alpha value is -1.43. The van der Waals surface area contributed by atoms with Gasteiger partial charge in [-0.05, 0) is 18.4 Å². The minimum absolute atomic E-state index is 0. The lowest BCUT2D eigenvalue weighted by molar-refractivity contribution is -0.129. The first-order valence-electron chi connectivity index (χ1n) is 7.72. The third kappa shape index (κ3) is 4.31. The molecule has 3 rings (SSSR count). The third-order valence-corrected chi connectivity index (χ3v) is 5.01. The van der Waals surface area contributed by atoms with Gasteiger partial charge in [-0.2, -0.15) is 0 Å². The van der Waals surface area contributed by atoms with Crippen molar-refractivity contribution < 1.29 is 4.79 Å². The fourth-order valence-corrected chi connectivity index (χ4v) is 3.51. The van der Waals surface area contributed by atoms with Gasteiger partial charge in [-0.3, -0.25) is 4.79 Å². The molecule has 2 aromatic rings. The smallest absolute Gasteiger partial charge is 0.228 e. The molecular weight excluding hydrogens is 330 g/mol. The fraction of sp³-hybridized carbons (Fsp3) is 0.412. The van der Waals surface area contributed by atoms with Crippen molar-refractivity contribution in [2.24, 2.45) is 5.73 Å². The zero-order chi connectivity index (χ0) is 15.5. The van der Waals surface area contributed by atoms with E-state index in [0.29, 0.717) is 13.0 Å². The molecule has 1 saturated heterocycles. The van der Waals surface area contributed by atoms with Crippen LogP contribution in [0.3, 0.4) is 0 Å². The molecule has 0 bridgehead atoms. The monoisotopic (exact) mass is 351 g/mol. The molecule has 1 aromatic carbocycles. The molecule has 2 N–H and O–H groups in total. The number of nitrogens with two attached hydrogens (primary N) is 1. The zero-order valence-electron chi connectivity index (χ0n) is 13.2. The summed E-state index contributed by atoms with van der Waals surface area (Å²) in [5.41, 5.74) is 9.14. The first-order valence-corrected chi connectivity index (χ1v) is 8.60. The van der Waals surface area contributed by atoms with Crippen LogP contribution >= 0.6 is 23.7 Å². The highest BCUT2D eigenvalue weighted by atomic mass is 35.5. The van der Waals surface area contributed by atoms with E-state index in [9.17, 15) is 4.79 Å². The summed E-state index contributed by atoms with van der Waals surface area (Å²) < 4.78 is 0. The number of thiazole rings is 1. The van der Waals surface area contributed by atoms with Crippen LogP contribution < -0.4 is 5.73 Å². The number of hydrogen-bond acceptors (Lipinski definition) is 4. The number of hydrogen-bond donors (Lipinski definition) is 1. The molecule has 0 unspecified atom stereocenters. The largest absolute Gasteiger partial charge is 0.341 e. The van der Waals surface area contributed by atoms with Crippen LogP contribution in [-0.4, -0.2) is 34.9 Å². The summed E-state index contributed by atoms with van der Waals surface area (Å²) in [6.45, 7) is 3.59. The molecule has 6 heteroatoms. The van der Waals surface area contributed by atoms with Gasteiger partial charge in [-0.15, -0.1) is 23.7 Å². The highest BCUT2D eigenvalue weighted by molar-refractivity contribution is 7.13. The predicted octanol–water partition coefficient (Wildman–Crippen LogP) is 2.90. The van der Waals surface area contributed by atoms with Crippen LogP contribution in [0.4, 0.5) is 0 Å². The van der Waals surface area contributed by atoms with Gasteiger partial charge >= 0.3 is 0 Å². The van der Waals surface area contributed by atoms with Gasteiger partial charge in [-0.25, -0.2) is 4.98 Å². The van der Waals surface area contributed by atoms with E-state index in [4.69, 9.17) is 5.73 Å². The second-order valence-electron chi connectivity index (χ2n) is 5.76. The van der Waals surface area contributed by atoms with Crippen molar-refractivity contribution in [3.05, 3.63) is 40.9 Å². The van der Waals surface area contributed by atoms with Crippen molar-refractivity contribution in [3.63, 3.8) is 0 Å². The summed E-state index contributed by atoms with van der Waals surface area (Å²) in [6.07, 6.45) is 2.31. The maximum Gasteiger partial charge on any atom is 0.228 e. The van der Waals surface area contributed by atoms with Gasteiger partial charge in [0.15, 0.2) is 0 Å². The predicted molar refractivity (Wildman–Crippen MR) is 97.1 cm³/mol. The standard InChI is InChI=1S/C17H21N3OS.ClH/c1-2-12-3-5-13(6-4-12)17-19-15(11-22-17)9-16(21)20-8-7-14(18)10-20;/h3-6,11,14H,2,7-10,18H2,1H3;1H/t14-;/m1./s1. The number of carbonyl (C=O) groups excluding carboxylic acids is 1. The molecule has 0 radical (unpaired) electrons. The minimum Gasteiger partial charge on any atom is -0.341 e. The van der Waals surface area contributed by atoms with Crippen LogP contribution in [0, 0.1) is 0 Å². The molecule has 0 spiro atoms. The Kier molecular flexibility index (Phi) is 6.16. The van der Waals surface area contributed by atoms with Gasteiger partial charge in [-0.1, -0.05) is 31.2 Å². The van der Waals surface area contributed by atoms with E-state index >= 15 is 0 Å². The molecule has 1 atom stereocenters. The Labute approximate surface area is 147 Å². The van der Waals surface area contributed by atoms with Crippen molar-refractivity contribution in [1.29, 1.82) is 0 Å². The van der Waals surface area contributed by atoms with Gasteiger partial charge in [0, 0.05) is 30.1 Å². The lowest BCUT2D eigenvalue weighted by Gasteiger charge is -2.14. The zero-order valence-corrected chi connectivity index (χ0v) is 14.8. The SMILES string of the molecule is CCc1ccc(-c2nc(CC(=O)N3CC[C@@H](N)C3)cs2)cc1.Cl. The van der Waals surface area contributed by atoms with E-state index in [0.717, 1.165) is 35.7 Å². The van der Waals surface area contributed by atoms with Gasteiger partial charge in [0.05, 0.1) is 12.1 Å². The Morgan fingerprint density at radius 1 is 1.39 bits per heavy atom. The molecule has 1 aliphatic heterocycles. The molecule has 0 saturated carbocycles. The van der Waals surface area contributed by atoms with E-state index in [1.807, 2.05) is 10.3 Å². The number of benzene rings is 1. The number of aromatic nitrogens is 1. The van der Waals surface area contributed by atoms with E-state index < -0.39 is 0 Å². The number of likely N-dealkylation sites (tertiary alicyclic amines) is 1. The lowest BCUT2D eigenvalue weighted by Crippen LogP contribution is -2.32. The third-order valence-electron chi connectivity index (χ3n) is 4.07. The van der Waals surface area contributed by atoms with Crippen LogP contribution in [0.15, 0.2) is 29.6 Å². The molecule has 2 heterocycles. The van der Waals surface area contributed by atoms with Crippen LogP contribution in [-0.2, 0) is 17.6 Å². The summed E-state index contributed by atoms with van der Waals surface area (Å²) in [7, 11) is 0. The minimum atomic E-state index is 0. The van der Waals surface area contributed by atoms with Crippen LogP contribution in [0.25, 0.3) is 10.6 Å². The summed E-state index contributed by atoms with van der Waals surface area (Å²) in [5.74, 6) is 0.131. The summed E-state index contributed by atoms with van der Waals surface area (Å²) >= 11 is 1.59. The van der Waals surface area contributed by atoms with Crippen molar-refractivity contribution in [1.82, 2.24) is 9.88 Å². The number of nitrogens with zero attached hydrogens (tertiary/aromatic N) is 2. The average Bonchev–Trinajstić information content (AvgIpc) is 3.16. The maximum absolute atomic E-state index is 12.2. The van der Waals surface area contributed by atoms with Gasteiger partial charge in [0.2, 0.25) is 5.91 Å². The fourth-order valence-electron chi connectivity index (χ4n) is 2.68. The van der Waals surface area contributed by atoms with E-state index in [1.165, 1.54) is 5.56 Å². The van der Waals surface area contributed by atoms with Crippen molar-refractivity contribution in [3.8, 4) is 10.6 Å². The first-order chi connectivity index (χ1) is 10.7. The van der Waals surface area contributed by atoms with Crippen molar-refractivity contribution in [2.75, 3.05) is 13.1 Å². The molecule has 23 heavy (non-hydrogen) atoms. The molecule has 124 valence electrons. The number of halogens is 1. The highest BCUT2D eigenvalue weighted by Crippen LogP contribution is 2.24. The molecule has 1 fully saturated rings. The lowest BCUT2D eigenvalue weighted by atomic mass is 10.1. The second kappa shape index (κ2) is 7.90. The van der Waals surface area contributed by atoms with Gasteiger partial charge in [0.1, 0.15) is 5.01 Å². The molecule has 0 aliphatic carbocycles. The Morgan fingerprint density at radius 3 is 2.74 bits per heavy atom. The van der Waals surface area contributed by atoms with Crippen LogP contribution in [0.5, 0.6) is 0 Å². The molecule has 1 aromatic heterocycles. The molecule has 4 nitrogen and oxygen atoms in total. The second-order valence-corrected chi connectivity index (χ2v) is 6.62. The van der Waals surface area contributed by atoms with E-state index in [-0.39, 0.29) is 24.4 Å². The van der Waals surface area contributed by atoms with E-state index in [1.54, 1.807) is 11.3 Å².